The molecule has 1 aliphatic rings. The van der Waals surface area contributed by atoms with Crippen LogP contribution in [0.4, 0.5) is 0 Å². The summed E-state index contributed by atoms with van der Waals surface area (Å²) in [7, 11) is -3.95. The third-order valence-corrected chi connectivity index (χ3v) is 2.74. The van der Waals surface area contributed by atoms with E-state index in [0.29, 0.717) is 0 Å². The Balaban J connectivity index is 2.63. The Bertz CT molecular complexity index is 201. The van der Waals surface area contributed by atoms with Crippen molar-refractivity contribution in [2.24, 2.45) is 0 Å². The number of phosphoric acid groups is 1. The van der Waals surface area contributed by atoms with Gasteiger partial charge in [0.15, 0.2) is 0 Å². The van der Waals surface area contributed by atoms with Crippen molar-refractivity contribution < 1.29 is 18.5 Å². The third kappa shape index (κ3) is 2.74. The Kier molecular flexibility index (Phi) is 2.78. The first kappa shape index (κ1) is 10.1. The fourth-order valence-corrected chi connectivity index (χ4v) is 1.97. The SMILES string of the molecule is O=P1(O)OCC(C(Cl)(Cl)Cl)O1. The molecule has 1 fully saturated rings. The molecule has 0 aliphatic carbocycles. The fraction of sp³-hybridized carbons (Fsp3) is 1.00. The minimum atomic E-state index is -3.95. The highest BCUT2D eigenvalue weighted by atomic mass is 35.6. The van der Waals surface area contributed by atoms with E-state index in [1.165, 1.54) is 0 Å². The Morgan fingerprint density at radius 2 is 2.09 bits per heavy atom. The number of rotatable bonds is 0. The first-order valence-electron chi connectivity index (χ1n) is 2.54. The zero-order chi connectivity index (χ0) is 8.70. The summed E-state index contributed by atoms with van der Waals surface area (Å²) in [5.74, 6) is 0. The van der Waals surface area contributed by atoms with Gasteiger partial charge in [0.25, 0.3) is 0 Å². The van der Waals surface area contributed by atoms with E-state index in [1.807, 2.05) is 0 Å². The number of halogens is 3. The normalized spacial score (nSPS) is 39.5. The van der Waals surface area contributed by atoms with Crippen LogP contribution in [0.1, 0.15) is 0 Å². The molecule has 2 unspecified atom stereocenters. The molecule has 1 saturated heterocycles. The van der Waals surface area contributed by atoms with Crippen LogP contribution < -0.4 is 0 Å². The number of alkyl halides is 3. The van der Waals surface area contributed by atoms with Gasteiger partial charge in [-0.15, -0.1) is 0 Å². The maximum Gasteiger partial charge on any atom is 0.472 e. The second-order valence-electron chi connectivity index (χ2n) is 1.90. The molecule has 1 heterocycles. The maximum absolute atomic E-state index is 10.6. The molecule has 1 rings (SSSR count). The van der Waals surface area contributed by atoms with E-state index in [4.69, 9.17) is 39.7 Å². The van der Waals surface area contributed by atoms with Crippen molar-refractivity contribution in [3.8, 4) is 0 Å². The Labute approximate surface area is 77.9 Å². The van der Waals surface area contributed by atoms with Crippen LogP contribution in [-0.2, 0) is 13.6 Å². The van der Waals surface area contributed by atoms with Gasteiger partial charge in [0.1, 0.15) is 6.10 Å². The Morgan fingerprint density at radius 1 is 1.55 bits per heavy atom. The van der Waals surface area contributed by atoms with Gasteiger partial charge in [-0.2, -0.15) is 0 Å². The summed E-state index contributed by atoms with van der Waals surface area (Å²) in [4.78, 5) is 8.66. The molecule has 2 atom stereocenters. The minimum absolute atomic E-state index is 0.190. The van der Waals surface area contributed by atoms with Crippen LogP contribution in [0.15, 0.2) is 0 Å². The van der Waals surface area contributed by atoms with Crippen molar-refractivity contribution in [1.82, 2.24) is 0 Å². The van der Waals surface area contributed by atoms with Gasteiger partial charge in [0.05, 0.1) is 6.61 Å². The molecule has 0 aromatic rings. The molecule has 8 heteroatoms. The number of hydrogen-bond donors (Lipinski definition) is 1. The molecule has 0 aromatic carbocycles. The first-order chi connectivity index (χ1) is 4.81. The van der Waals surface area contributed by atoms with E-state index in [-0.39, 0.29) is 6.61 Å². The fourth-order valence-electron chi connectivity index (χ4n) is 0.538. The summed E-state index contributed by atoms with van der Waals surface area (Å²) in [6.07, 6.45) is -0.983. The van der Waals surface area contributed by atoms with E-state index in [0.717, 1.165) is 0 Å². The van der Waals surface area contributed by atoms with Gasteiger partial charge < -0.3 is 4.89 Å². The third-order valence-electron chi connectivity index (χ3n) is 1.01. The second kappa shape index (κ2) is 3.04. The van der Waals surface area contributed by atoms with Crippen molar-refractivity contribution >= 4 is 42.6 Å². The monoisotopic (exact) mass is 240 g/mol. The maximum atomic E-state index is 10.6. The van der Waals surface area contributed by atoms with Gasteiger partial charge in [0.2, 0.25) is 3.79 Å². The smallest absolute Gasteiger partial charge is 0.302 e. The second-order valence-corrected chi connectivity index (χ2v) is 5.68. The summed E-state index contributed by atoms with van der Waals surface area (Å²) >= 11 is 16.1. The average Bonchev–Trinajstić information content (AvgIpc) is 2.07. The van der Waals surface area contributed by atoms with Crippen molar-refractivity contribution in [2.75, 3.05) is 6.61 Å². The molecule has 0 aromatic heterocycles. The molecule has 1 N–H and O–H groups in total. The van der Waals surface area contributed by atoms with E-state index in [9.17, 15) is 4.57 Å². The summed E-state index contributed by atoms with van der Waals surface area (Å²) < 4.78 is 17.6. The molecule has 4 nitrogen and oxygen atoms in total. The van der Waals surface area contributed by atoms with E-state index < -0.39 is 17.7 Å². The van der Waals surface area contributed by atoms with Crippen LogP contribution >= 0.6 is 42.6 Å². The van der Waals surface area contributed by atoms with E-state index >= 15 is 0 Å². The number of phosphoric ester groups is 1. The molecular formula is C3H4Cl3O4P. The molecule has 0 spiro atoms. The standard InChI is InChI=1S/C3H4Cl3O4P/c4-3(5,6)2-1-9-11(7,8)10-2/h2H,1H2,(H,7,8). The predicted molar refractivity (Wildman–Crippen MR) is 40.9 cm³/mol. The predicted octanol–water partition coefficient (Wildman–Crippen LogP) is 1.87. The van der Waals surface area contributed by atoms with Crippen molar-refractivity contribution in [3.05, 3.63) is 0 Å². The van der Waals surface area contributed by atoms with Crippen molar-refractivity contribution in [3.63, 3.8) is 0 Å². The summed E-state index contributed by atoms with van der Waals surface area (Å²) in [6.45, 7) is -0.190. The highest BCUT2D eigenvalue weighted by molar-refractivity contribution is 7.47. The van der Waals surface area contributed by atoms with Gasteiger partial charge in [0, 0.05) is 0 Å². The lowest BCUT2D eigenvalue weighted by atomic mass is 10.4. The van der Waals surface area contributed by atoms with Crippen molar-refractivity contribution in [1.29, 1.82) is 0 Å². The molecule has 66 valence electrons. The lowest BCUT2D eigenvalue weighted by Gasteiger charge is -2.15. The van der Waals surface area contributed by atoms with Crippen molar-refractivity contribution in [2.45, 2.75) is 9.90 Å². The topological polar surface area (TPSA) is 55.8 Å². The highest BCUT2D eigenvalue weighted by Gasteiger charge is 2.46. The molecule has 0 bridgehead atoms. The molecule has 0 radical (unpaired) electrons. The van der Waals surface area contributed by atoms with Gasteiger partial charge in [-0.25, -0.2) is 4.57 Å². The van der Waals surface area contributed by atoms with Crippen LogP contribution in [0.25, 0.3) is 0 Å². The lowest BCUT2D eigenvalue weighted by molar-refractivity contribution is 0.217. The summed E-state index contributed by atoms with van der Waals surface area (Å²) in [6, 6.07) is 0. The van der Waals surface area contributed by atoms with Gasteiger partial charge in [-0.1, -0.05) is 34.8 Å². The van der Waals surface area contributed by atoms with Crippen LogP contribution in [0.3, 0.4) is 0 Å². The Morgan fingerprint density at radius 3 is 2.27 bits per heavy atom. The van der Waals surface area contributed by atoms with Crippen LogP contribution in [0.2, 0.25) is 0 Å². The zero-order valence-electron chi connectivity index (χ0n) is 5.04. The molecule has 1 aliphatic heterocycles. The van der Waals surface area contributed by atoms with Crippen LogP contribution in [0.5, 0.6) is 0 Å². The number of hydrogen-bond acceptors (Lipinski definition) is 3. The molecule has 0 saturated carbocycles. The van der Waals surface area contributed by atoms with E-state index in [1.54, 1.807) is 0 Å². The summed E-state index contributed by atoms with van der Waals surface area (Å²) in [5, 5.41) is 0. The minimum Gasteiger partial charge on any atom is -0.302 e. The van der Waals surface area contributed by atoms with Crippen LogP contribution in [0, 0.1) is 0 Å². The van der Waals surface area contributed by atoms with Gasteiger partial charge in [-0.3, -0.25) is 9.05 Å². The highest BCUT2D eigenvalue weighted by Crippen LogP contribution is 2.54. The van der Waals surface area contributed by atoms with E-state index in [2.05, 4.69) is 9.05 Å². The lowest BCUT2D eigenvalue weighted by Crippen LogP contribution is -2.26. The molecular weight excluding hydrogens is 237 g/mol. The zero-order valence-corrected chi connectivity index (χ0v) is 8.20. The average molecular weight is 241 g/mol. The van der Waals surface area contributed by atoms with Gasteiger partial charge >= 0.3 is 7.82 Å². The molecule has 11 heavy (non-hydrogen) atoms. The largest absolute Gasteiger partial charge is 0.472 e. The quantitative estimate of drug-likeness (QED) is 0.519. The Hall–Kier alpha value is 0.980. The first-order valence-corrected chi connectivity index (χ1v) is 5.17. The van der Waals surface area contributed by atoms with Crippen LogP contribution in [-0.4, -0.2) is 21.4 Å². The molecule has 0 amide bonds. The van der Waals surface area contributed by atoms with Gasteiger partial charge in [-0.05, 0) is 0 Å². The summed E-state index contributed by atoms with van der Waals surface area (Å²) in [5.41, 5.74) is 0.